The molecule has 2 fully saturated rings. The van der Waals surface area contributed by atoms with Crippen molar-refractivity contribution < 1.29 is 4.79 Å². The molecule has 1 atom stereocenters. The lowest BCUT2D eigenvalue weighted by molar-refractivity contribution is -0.139. The molecule has 0 unspecified atom stereocenters. The Morgan fingerprint density at radius 3 is 2.60 bits per heavy atom. The van der Waals surface area contributed by atoms with E-state index in [0.717, 1.165) is 76.5 Å². The number of rotatable bonds is 6. The number of benzene rings is 1. The van der Waals surface area contributed by atoms with Crippen LogP contribution in [0.15, 0.2) is 24.3 Å². The summed E-state index contributed by atoms with van der Waals surface area (Å²) in [5, 5.41) is 0. The molecule has 3 heterocycles. The van der Waals surface area contributed by atoms with E-state index in [-0.39, 0.29) is 5.92 Å². The van der Waals surface area contributed by atoms with E-state index in [9.17, 15) is 4.79 Å². The second-order valence-electron chi connectivity index (χ2n) is 9.22. The minimum Gasteiger partial charge on any atom is -0.340 e. The normalized spacial score (nSPS) is 21.6. The quantitative estimate of drug-likeness (QED) is 0.731. The topological polar surface area (TPSA) is 44.6 Å². The van der Waals surface area contributed by atoms with E-state index in [1.807, 2.05) is 0 Å². The minimum atomic E-state index is 0.133. The van der Waals surface area contributed by atoms with Crippen LogP contribution < -0.4 is 0 Å². The smallest absolute Gasteiger partial charge is 0.227 e. The van der Waals surface area contributed by atoms with E-state index in [1.54, 1.807) is 0 Å². The van der Waals surface area contributed by atoms with Crippen molar-refractivity contribution in [1.29, 1.82) is 0 Å². The minimum absolute atomic E-state index is 0.133. The third-order valence-electron chi connectivity index (χ3n) is 6.63. The molecular formula is C24H37N5O. The molecule has 30 heavy (non-hydrogen) atoms. The Morgan fingerprint density at radius 2 is 1.87 bits per heavy atom. The first-order valence-electron chi connectivity index (χ1n) is 11.8. The molecular weight excluding hydrogens is 374 g/mol. The van der Waals surface area contributed by atoms with Crippen LogP contribution in [0.1, 0.15) is 51.9 Å². The highest BCUT2D eigenvalue weighted by atomic mass is 16.2. The second-order valence-corrected chi connectivity index (χ2v) is 9.22. The van der Waals surface area contributed by atoms with Crippen molar-refractivity contribution in [2.75, 3.05) is 45.8 Å². The molecule has 4 rings (SSSR count). The van der Waals surface area contributed by atoms with E-state index in [2.05, 4.69) is 64.3 Å². The van der Waals surface area contributed by atoms with Crippen LogP contribution in [0.4, 0.5) is 0 Å². The van der Waals surface area contributed by atoms with Gasteiger partial charge in [0.2, 0.25) is 5.91 Å². The summed E-state index contributed by atoms with van der Waals surface area (Å²) in [6.07, 6.45) is 3.30. The number of nitrogens with zero attached hydrogens (tertiary/aromatic N) is 5. The van der Waals surface area contributed by atoms with E-state index < -0.39 is 0 Å². The fourth-order valence-corrected chi connectivity index (χ4v) is 5.15. The Bertz CT molecular complexity index is 852. The van der Waals surface area contributed by atoms with Crippen molar-refractivity contribution >= 4 is 16.9 Å². The number of carbonyl (C=O) groups is 1. The predicted molar refractivity (Wildman–Crippen MR) is 121 cm³/mol. The van der Waals surface area contributed by atoms with Gasteiger partial charge in [0, 0.05) is 38.8 Å². The summed E-state index contributed by atoms with van der Waals surface area (Å²) in [6, 6.07) is 8.77. The van der Waals surface area contributed by atoms with Gasteiger partial charge in [-0.25, -0.2) is 4.98 Å². The van der Waals surface area contributed by atoms with Crippen LogP contribution in [0.3, 0.4) is 0 Å². The Kier molecular flexibility index (Phi) is 6.74. The molecule has 6 nitrogen and oxygen atoms in total. The molecule has 1 aromatic heterocycles. The van der Waals surface area contributed by atoms with Gasteiger partial charge in [0.25, 0.3) is 0 Å². The second kappa shape index (κ2) is 9.48. The maximum atomic E-state index is 13.2. The molecule has 0 saturated carbocycles. The number of aromatic nitrogens is 2. The first-order valence-corrected chi connectivity index (χ1v) is 11.8. The van der Waals surface area contributed by atoms with E-state index in [4.69, 9.17) is 4.98 Å². The summed E-state index contributed by atoms with van der Waals surface area (Å²) in [5.41, 5.74) is 2.27. The zero-order chi connectivity index (χ0) is 21.1. The van der Waals surface area contributed by atoms with Crippen molar-refractivity contribution in [3.63, 3.8) is 0 Å². The third kappa shape index (κ3) is 4.54. The van der Waals surface area contributed by atoms with Crippen molar-refractivity contribution in [3.8, 4) is 0 Å². The fourth-order valence-electron chi connectivity index (χ4n) is 5.15. The molecule has 2 aliphatic heterocycles. The van der Waals surface area contributed by atoms with Crippen LogP contribution in [0.25, 0.3) is 11.0 Å². The van der Waals surface area contributed by atoms with Gasteiger partial charge in [-0.2, -0.15) is 0 Å². The van der Waals surface area contributed by atoms with Gasteiger partial charge in [-0.05, 0) is 58.3 Å². The SMILES string of the molecule is CCCN1CCN(C(=O)[C@H]2CCCN(Cc3nc4ccccc4n3C(C)C)C2)CC1. The summed E-state index contributed by atoms with van der Waals surface area (Å²) in [4.78, 5) is 25.2. The highest BCUT2D eigenvalue weighted by Crippen LogP contribution is 2.25. The van der Waals surface area contributed by atoms with Crippen molar-refractivity contribution in [2.45, 2.75) is 52.6 Å². The molecule has 2 aliphatic rings. The van der Waals surface area contributed by atoms with Gasteiger partial charge >= 0.3 is 0 Å². The third-order valence-corrected chi connectivity index (χ3v) is 6.63. The van der Waals surface area contributed by atoms with Crippen molar-refractivity contribution in [2.24, 2.45) is 5.92 Å². The molecule has 0 bridgehead atoms. The van der Waals surface area contributed by atoms with Crippen LogP contribution >= 0.6 is 0 Å². The van der Waals surface area contributed by atoms with Crippen LogP contribution in [0.5, 0.6) is 0 Å². The molecule has 0 spiro atoms. The highest BCUT2D eigenvalue weighted by Gasteiger charge is 2.31. The van der Waals surface area contributed by atoms with E-state index in [0.29, 0.717) is 11.9 Å². The number of hydrogen-bond acceptors (Lipinski definition) is 4. The number of carbonyl (C=O) groups excluding carboxylic acids is 1. The summed E-state index contributed by atoms with van der Waals surface area (Å²) in [5.74, 6) is 1.62. The zero-order valence-electron chi connectivity index (χ0n) is 18.9. The summed E-state index contributed by atoms with van der Waals surface area (Å²) in [7, 11) is 0. The number of piperazine rings is 1. The fraction of sp³-hybridized carbons (Fsp3) is 0.667. The molecule has 0 radical (unpaired) electrons. The van der Waals surface area contributed by atoms with E-state index in [1.165, 1.54) is 11.9 Å². The average Bonchev–Trinajstić information content (AvgIpc) is 3.12. The lowest BCUT2D eigenvalue weighted by atomic mass is 9.96. The van der Waals surface area contributed by atoms with Crippen LogP contribution in [0, 0.1) is 5.92 Å². The van der Waals surface area contributed by atoms with Gasteiger partial charge in [0.15, 0.2) is 0 Å². The lowest BCUT2D eigenvalue weighted by Gasteiger charge is -2.39. The van der Waals surface area contributed by atoms with Gasteiger partial charge in [0.05, 0.1) is 23.5 Å². The van der Waals surface area contributed by atoms with Gasteiger partial charge in [0.1, 0.15) is 5.82 Å². The number of fused-ring (bicyclic) bond motifs is 1. The van der Waals surface area contributed by atoms with Crippen molar-refractivity contribution in [1.82, 2.24) is 24.3 Å². The van der Waals surface area contributed by atoms with Gasteiger partial charge in [-0.1, -0.05) is 19.1 Å². The average molecular weight is 412 g/mol. The van der Waals surface area contributed by atoms with Crippen LogP contribution in [-0.2, 0) is 11.3 Å². The standard InChI is InChI=1S/C24H37N5O/c1-4-11-26-13-15-28(16-14-26)24(30)20-8-7-12-27(17-20)18-23-25-21-9-5-6-10-22(21)29(23)19(2)3/h5-6,9-10,19-20H,4,7-8,11-18H2,1-3H3/t20-/m0/s1. The Balaban J connectivity index is 1.41. The molecule has 2 saturated heterocycles. The predicted octanol–water partition coefficient (Wildman–Crippen LogP) is 3.38. The summed E-state index contributed by atoms with van der Waals surface area (Å²) in [6.45, 7) is 14.4. The first-order chi connectivity index (χ1) is 14.6. The molecule has 1 amide bonds. The number of para-hydroxylation sites is 2. The summed E-state index contributed by atoms with van der Waals surface area (Å²) < 4.78 is 2.35. The van der Waals surface area contributed by atoms with Gasteiger partial charge in [-0.3, -0.25) is 14.6 Å². The monoisotopic (exact) mass is 411 g/mol. The Morgan fingerprint density at radius 1 is 1.10 bits per heavy atom. The van der Waals surface area contributed by atoms with Crippen LogP contribution in [0.2, 0.25) is 0 Å². The lowest BCUT2D eigenvalue weighted by Crippen LogP contribution is -2.52. The number of amides is 1. The van der Waals surface area contributed by atoms with Crippen LogP contribution in [-0.4, -0.2) is 76.0 Å². The maximum Gasteiger partial charge on any atom is 0.227 e. The molecule has 2 aromatic rings. The maximum absolute atomic E-state index is 13.2. The van der Waals surface area contributed by atoms with Crippen molar-refractivity contribution in [3.05, 3.63) is 30.1 Å². The number of hydrogen-bond donors (Lipinski definition) is 0. The van der Waals surface area contributed by atoms with E-state index >= 15 is 0 Å². The number of piperidine rings is 1. The molecule has 0 aliphatic carbocycles. The number of likely N-dealkylation sites (tertiary alicyclic amines) is 1. The molecule has 0 N–H and O–H groups in total. The zero-order valence-corrected chi connectivity index (χ0v) is 18.9. The van der Waals surface area contributed by atoms with Gasteiger partial charge in [-0.15, -0.1) is 0 Å². The Hall–Kier alpha value is -1.92. The summed E-state index contributed by atoms with van der Waals surface area (Å²) >= 11 is 0. The molecule has 164 valence electrons. The van der Waals surface area contributed by atoms with Gasteiger partial charge < -0.3 is 9.47 Å². The highest BCUT2D eigenvalue weighted by molar-refractivity contribution is 5.79. The Labute approximate surface area is 180 Å². The first kappa shape index (κ1) is 21.3. The molecule has 6 heteroatoms. The largest absolute Gasteiger partial charge is 0.340 e. The number of imidazole rings is 1. The molecule has 1 aromatic carbocycles.